The van der Waals surface area contributed by atoms with E-state index in [-0.39, 0.29) is 6.61 Å². The van der Waals surface area contributed by atoms with Crippen LogP contribution in [-0.4, -0.2) is 60.9 Å². The quantitative estimate of drug-likeness (QED) is 0.491. The molecule has 1 fully saturated rings. The van der Waals surface area contributed by atoms with E-state index in [0.29, 0.717) is 12.3 Å². The average molecular weight is 427 g/mol. The van der Waals surface area contributed by atoms with Gasteiger partial charge in [-0.15, -0.1) is 0 Å². The van der Waals surface area contributed by atoms with Crippen molar-refractivity contribution in [3.05, 3.63) is 59.7 Å². The molecular weight excluding hydrogens is 388 g/mol. The second-order valence-electron chi connectivity index (χ2n) is 8.53. The lowest BCUT2D eigenvalue weighted by atomic mass is 10.1. The van der Waals surface area contributed by atoms with E-state index in [9.17, 15) is 5.11 Å². The summed E-state index contributed by atoms with van der Waals surface area (Å²) in [5.74, 6) is 2.24. The number of aliphatic hydroxyl groups excluding tert-OH is 1. The second-order valence-corrected chi connectivity index (χ2v) is 8.53. The largest absolute Gasteiger partial charge is 0.493 e. The Bertz CT molecular complexity index is 775. The molecule has 1 saturated carbocycles. The summed E-state index contributed by atoms with van der Waals surface area (Å²) in [7, 11) is 1.67. The van der Waals surface area contributed by atoms with Crippen LogP contribution >= 0.6 is 0 Å². The Labute approximate surface area is 187 Å². The molecule has 1 aliphatic carbocycles. The SMILES string of the molecule is CCN(CC)CC(O)COc1ccc(CN(Cc2ccccc2)CC2CC2)cc1OC. The van der Waals surface area contributed by atoms with Crippen LogP contribution in [0.4, 0.5) is 0 Å². The van der Waals surface area contributed by atoms with Crippen LogP contribution in [0.5, 0.6) is 11.5 Å². The van der Waals surface area contributed by atoms with Crippen LogP contribution in [0.3, 0.4) is 0 Å². The molecule has 2 aromatic carbocycles. The fourth-order valence-corrected chi connectivity index (χ4v) is 3.90. The number of nitrogens with zero attached hydrogens (tertiary/aromatic N) is 2. The van der Waals surface area contributed by atoms with Crippen LogP contribution in [0.15, 0.2) is 48.5 Å². The van der Waals surface area contributed by atoms with E-state index >= 15 is 0 Å². The molecule has 0 aromatic heterocycles. The van der Waals surface area contributed by atoms with Gasteiger partial charge in [-0.2, -0.15) is 0 Å². The number of likely N-dealkylation sites (N-methyl/N-ethyl adjacent to an activating group) is 1. The molecule has 0 spiro atoms. The van der Waals surface area contributed by atoms with Crippen LogP contribution < -0.4 is 9.47 Å². The maximum Gasteiger partial charge on any atom is 0.161 e. The lowest BCUT2D eigenvalue weighted by molar-refractivity contribution is 0.0705. The van der Waals surface area contributed by atoms with Crippen molar-refractivity contribution in [3.63, 3.8) is 0 Å². The van der Waals surface area contributed by atoms with Crippen LogP contribution in [-0.2, 0) is 13.1 Å². The van der Waals surface area contributed by atoms with E-state index in [1.165, 1.54) is 24.0 Å². The molecule has 31 heavy (non-hydrogen) atoms. The third kappa shape index (κ3) is 7.84. The number of rotatable bonds is 14. The van der Waals surface area contributed by atoms with Crippen LogP contribution in [0.1, 0.15) is 37.8 Å². The lowest BCUT2D eigenvalue weighted by Crippen LogP contribution is -2.35. The maximum atomic E-state index is 10.3. The highest BCUT2D eigenvalue weighted by Gasteiger charge is 2.24. The number of benzene rings is 2. The molecule has 0 bridgehead atoms. The van der Waals surface area contributed by atoms with Gasteiger partial charge in [0.15, 0.2) is 11.5 Å². The summed E-state index contributed by atoms with van der Waals surface area (Å²) in [4.78, 5) is 4.71. The summed E-state index contributed by atoms with van der Waals surface area (Å²) in [6.45, 7) is 9.89. The minimum Gasteiger partial charge on any atom is -0.493 e. The van der Waals surface area contributed by atoms with Crippen LogP contribution in [0, 0.1) is 5.92 Å². The lowest BCUT2D eigenvalue weighted by Gasteiger charge is -2.24. The maximum absolute atomic E-state index is 10.3. The Morgan fingerprint density at radius 1 is 0.935 bits per heavy atom. The van der Waals surface area contributed by atoms with Gasteiger partial charge in [0.25, 0.3) is 0 Å². The molecular formula is C26H38N2O3. The number of aliphatic hydroxyl groups is 1. The van der Waals surface area contributed by atoms with Crippen molar-refractivity contribution in [1.29, 1.82) is 0 Å². The zero-order valence-electron chi connectivity index (χ0n) is 19.3. The molecule has 1 atom stereocenters. The minimum atomic E-state index is -0.524. The first-order chi connectivity index (χ1) is 15.1. The fraction of sp³-hybridized carbons (Fsp3) is 0.538. The van der Waals surface area contributed by atoms with Gasteiger partial charge in [0, 0.05) is 26.2 Å². The van der Waals surface area contributed by atoms with Gasteiger partial charge in [-0.1, -0.05) is 50.2 Å². The van der Waals surface area contributed by atoms with Gasteiger partial charge in [0.05, 0.1) is 7.11 Å². The van der Waals surface area contributed by atoms with Gasteiger partial charge in [-0.3, -0.25) is 4.90 Å². The highest BCUT2D eigenvalue weighted by atomic mass is 16.5. The summed E-state index contributed by atoms with van der Waals surface area (Å²) in [6, 6.07) is 16.8. The van der Waals surface area contributed by atoms with Crippen molar-refractivity contribution in [1.82, 2.24) is 9.80 Å². The van der Waals surface area contributed by atoms with Gasteiger partial charge >= 0.3 is 0 Å². The Balaban J connectivity index is 1.60. The van der Waals surface area contributed by atoms with E-state index in [1.807, 2.05) is 6.07 Å². The van der Waals surface area contributed by atoms with Crippen molar-refractivity contribution in [2.45, 2.75) is 45.9 Å². The molecule has 0 amide bonds. The van der Waals surface area contributed by atoms with Crippen molar-refractivity contribution < 1.29 is 14.6 Å². The predicted octanol–water partition coefficient (Wildman–Crippen LogP) is 4.19. The second kappa shape index (κ2) is 12.1. The number of hydrogen-bond donors (Lipinski definition) is 1. The van der Waals surface area contributed by atoms with E-state index in [1.54, 1.807) is 7.11 Å². The third-order valence-corrected chi connectivity index (χ3v) is 5.89. The van der Waals surface area contributed by atoms with Gasteiger partial charge in [0.2, 0.25) is 0 Å². The Morgan fingerprint density at radius 3 is 2.29 bits per heavy atom. The van der Waals surface area contributed by atoms with Gasteiger partial charge in [-0.05, 0) is 55.1 Å². The summed E-state index contributed by atoms with van der Waals surface area (Å²) in [5.41, 5.74) is 2.56. The number of hydrogen-bond acceptors (Lipinski definition) is 5. The highest BCUT2D eigenvalue weighted by Crippen LogP contribution is 2.32. The zero-order chi connectivity index (χ0) is 22.1. The Kier molecular flexibility index (Phi) is 9.19. The normalized spacial score (nSPS) is 14.8. The molecule has 0 aliphatic heterocycles. The minimum absolute atomic E-state index is 0.258. The van der Waals surface area contributed by atoms with E-state index in [0.717, 1.165) is 44.4 Å². The fourth-order valence-electron chi connectivity index (χ4n) is 3.90. The van der Waals surface area contributed by atoms with Crippen molar-refractivity contribution in [2.24, 2.45) is 5.92 Å². The predicted molar refractivity (Wildman–Crippen MR) is 126 cm³/mol. The van der Waals surface area contributed by atoms with E-state index in [4.69, 9.17) is 9.47 Å². The molecule has 0 radical (unpaired) electrons. The first kappa shape index (κ1) is 23.6. The average Bonchev–Trinajstić information content (AvgIpc) is 3.61. The first-order valence-electron chi connectivity index (χ1n) is 11.6. The topological polar surface area (TPSA) is 45.2 Å². The summed E-state index contributed by atoms with van der Waals surface area (Å²) in [6.07, 6.45) is 2.17. The summed E-state index contributed by atoms with van der Waals surface area (Å²) in [5, 5.41) is 10.3. The molecule has 0 heterocycles. The number of ether oxygens (including phenoxy) is 2. The standard InChI is InChI=1S/C26H38N2O3/c1-4-27(5-2)19-24(29)20-31-25-14-13-23(15-26(25)30-3)18-28(17-22-11-12-22)16-21-9-7-6-8-10-21/h6-10,13-15,22,24,29H,4-5,11-12,16-20H2,1-3H3. The van der Waals surface area contributed by atoms with Crippen molar-refractivity contribution in [2.75, 3.05) is 39.9 Å². The molecule has 3 rings (SSSR count). The van der Waals surface area contributed by atoms with Crippen LogP contribution in [0.25, 0.3) is 0 Å². The number of methoxy groups -OCH3 is 1. The molecule has 1 unspecified atom stereocenters. The Hall–Kier alpha value is -2.08. The molecule has 5 nitrogen and oxygen atoms in total. The first-order valence-corrected chi connectivity index (χ1v) is 11.6. The highest BCUT2D eigenvalue weighted by molar-refractivity contribution is 5.43. The van der Waals surface area contributed by atoms with E-state index in [2.05, 4.69) is 66.1 Å². The third-order valence-electron chi connectivity index (χ3n) is 5.89. The monoisotopic (exact) mass is 426 g/mol. The Morgan fingerprint density at radius 2 is 1.65 bits per heavy atom. The summed E-state index contributed by atoms with van der Waals surface area (Å²) >= 11 is 0. The van der Waals surface area contributed by atoms with Gasteiger partial charge < -0.3 is 19.5 Å². The molecule has 5 heteroatoms. The summed E-state index contributed by atoms with van der Waals surface area (Å²) < 4.78 is 11.5. The van der Waals surface area contributed by atoms with Gasteiger partial charge in [-0.25, -0.2) is 0 Å². The van der Waals surface area contributed by atoms with Crippen molar-refractivity contribution in [3.8, 4) is 11.5 Å². The molecule has 0 saturated heterocycles. The van der Waals surface area contributed by atoms with Gasteiger partial charge in [0.1, 0.15) is 12.7 Å². The zero-order valence-corrected chi connectivity index (χ0v) is 19.3. The smallest absolute Gasteiger partial charge is 0.161 e. The van der Waals surface area contributed by atoms with Crippen LogP contribution in [0.2, 0.25) is 0 Å². The van der Waals surface area contributed by atoms with Crippen molar-refractivity contribution >= 4 is 0 Å². The molecule has 170 valence electrons. The molecule has 1 N–H and O–H groups in total. The molecule has 2 aromatic rings. The molecule has 1 aliphatic rings. The van der Waals surface area contributed by atoms with E-state index < -0.39 is 6.10 Å².